The summed E-state index contributed by atoms with van der Waals surface area (Å²) in [4.78, 5) is 25.8. The lowest BCUT2D eigenvalue weighted by Crippen LogP contribution is -2.30. The molecule has 0 spiro atoms. The Morgan fingerprint density at radius 2 is 1.61 bits per heavy atom. The van der Waals surface area contributed by atoms with Gasteiger partial charge in [-0.2, -0.15) is 0 Å². The number of fused-ring (bicyclic) bond motifs is 1. The zero-order valence-corrected chi connectivity index (χ0v) is 13.3. The lowest BCUT2D eigenvalue weighted by molar-refractivity contribution is 0.0640. The summed E-state index contributed by atoms with van der Waals surface area (Å²) in [7, 11) is 0. The quantitative estimate of drug-likeness (QED) is 0.877. The van der Waals surface area contributed by atoms with E-state index in [0.717, 1.165) is 4.90 Å². The molecule has 4 nitrogen and oxygen atoms in total. The van der Waals surface area contributed by atoms with Gasteiger partial charge in [0.1, 0.15) is 5.82 Å². The van der Waals surface area contributed by atoms with Crippen LogP contribution in [0.1, 0.15) is 44.8 Å². The Bertz CT molecular complexity index is 742. The molecule has 1 atom stereocenters. The number of hydrogen-bond acceptors (Lipinski definition) is 3. The smallest absolute Gasteiger partial charge is 0.261 e. The molecule has 6 heteroatoms. The van der Waals surface area contributed by atoms with Crippen molar-refractivity contribution >= 4 is 24.2 Å². The van der Waals surface area contributed by atoms with Crippen molar-refractivity contribution in [3.63, 3.8) is 0 Å². The fourth-order valence-electron chi connectivity index (χ4n) is 2.71. The summed E-state index contributed by atoms with van der Waals surface area (Å²) in [6.45, 7) is 1.62. The van der Waals surface area contributed by atoms with E-state index in [1.165, 1.54) is 6.07 Å². The zero-order chi connectivity index (χ0) is 15.9. The molecule has 2 N–H and O–H groups in total. The molecule has 0 saturated heterocycles. The summed E-state index contributed by atoms with van der Waals surface area (Å²) in [6, 6.07) is 10.8. The summed E-state index contributed by atoms with van der Waals surface area (Å²) in [5, 5.41) is 0. The molecule has 2 aromatic rings. The number of rotatable bonds is 3. The molecule has 0 aliphatic carbocycles. The van der Waals surface area contributed by atoms with E-state index in [4.69, 9.17) is 5.73 Å². The fraction of sp³-hybridized carbons (Fsp3) is 0.176. The summed E-state index contributed by atoms with van der Waals surface area (Å²) in [5.74, 6) is -1.27. The topological polar surface area (TPSA) is 63.4 Å². The average Bonchev–Trinajstić information content (AvgIpc) is 2.74. The van der Waals surface area contributed by atoms with Crippen molar-refractivity contribution in [3.05, 3.63) is 70.5 Å². The highest BCUT2D eigenvalue weighted by molar-refractivity contribution is 6.21. The molecular formula is C17H16ClFN2O2. The van der Waals surface area contributed by atoms with Crippen LogP contribution in [0.15, 0.2) is 42.5 Å². The Balaban J connectivity index is 0.00000192. The van der Waals surface area contributed by atoms with Gasteiger partial charge in [-0.3, -0.25) is 14.5 Å². The molecule has 0 unspecified atom stereocenters. The first-order valence-corrected chi connectivity index (χ1v) is 6.98. The van der Waals surface area contributed by atoms with Crippen LogP contribution in [-0.2, 0) is 6.54 Å². The highest BCUT2D eigenvalue weighted by Crippen LogP contribution is 2.27. The van der Waals surface area contributed by atoms with Crippen molar-refractivity contribution in [2.75, 3.05) is 0 Å². The first-order chi connectivity index (χ1) is 10.5. The number of nitrogens with two attached hydrogens (primary N) is 1. The Morgan fingerprint density at radius 1 is 1.04 bits per heavy atom. The van der Waals surface area contributed by atoms with Crippen molar-refractivity contribution in [2.45, 2.75) is 19.5 Å². The Morgan fingerprint density at radius 3 is 2.13 bits per heavy atom. The van der Waals surface area contributed by atoms with Gasteiger partial charge >= 0.3 is 0 Å². The SMILES string of the molecule is C[C@H](N)c1cccc(F)c1CN1C(=O)c2ccccc2C1=O.Cl. The number of carbonyl (C=O) groups is 2. The minimum atomic E-state index is -0.466. The van der Waals surface area contributed by atoms with Crippen LogP contribution in [0.4, 0.5) is 4.39 Å². The molecule has 1 aliphatic heterocycles. The minimum absolute atomic E-state index is 0. The lowest BCUT2D eigenvalue weighted by Gasteiger charge is -2.19. The highest BCUT2D eigenvalue weighted by atomic mass is 35.5. The summed E-state index contributed by atoms with van der Waals surface area (Å²) < 4.78 is 14.1. The average molecular weight is 335 g/mol. The molecule has 120 valence electrons. The van der Waals surface area contributed by atoms with E-state index in [1.807, 2.05) is 0 Å². The monoisotopic (exact) mass is 334 g/mol. The van der Waals surface area contributed by atoms with Crippen LogP contribution in [0.25, 0.3) is 0 Å². The van der Waals surface area contributed by atoms with Gasteiger partial charge in [-0.25, -0.2) is 4.39 Å². The first kappa shape index (κ1) is 17.1. The molecule has 1 heterocycles. The van der Waals surface area contributed by atoms with Crippen LogP contribution < -0.4 is 5.73 Å². The van der Waals surface area contributed by atoms with E-state index in [1.54, 1.807) is 43.3 Å². The van der Waals surface area contributed by atoms with Crippen LogP contribution in [0.2, 0.25) is 0 Å². The van der Waals surface area contributed by atoms with E-state index >= 15 is 0 Å². The third kappa shape index (κ3) is 2.85. The molecule has 0 aromatic heterocycles. The second kappa shape index (κ2) is 6.48. The van der Waals surface area contributed by atoms with Crippen LogP contribution in [0, 0.1) is 5.82 Å². The molecule has 0 saturated carbocycles. The van der Waals surface area contributed by atoms with Crippen molar-refractivity contribution in [1.82, 2.24) is 4.90 Å². The largest absolute Gasteiger partial charge is 0.324 e. The Hall–Kier alpha value is -2.24. The Kier molecular flexibility index (Phi) is 4.82. The molecule has 2 aromatic carbocycles. The van der Waals surface area contributed by atoms with Crippen molar-refractivity contribution in [3.8, 4) is 0 Å². The fourth-order valence-corrected chi connectivity index (χ4v) is 2.71. The number of nitrogens with zero attached hydrogens (tertiary/aromatic N) is 1. The zero-order valence-electron chi connectivity index (χ0n) is 12.5. The second-order valence-electron chi connectivity index (χ2n) is 5.34. The van der Waals surface area contributed by atoms with E-state index < -0.39 is 17.6 Å². The summed E-state index contributed by atoms with van der Waals surface area (Å²) in [6.07, 6.45) is 0. The minimum Gasteiger partial charge on any atom is -0.324 e. The first-order valence-electron chi connectivity index (χ1n) is 6.98. The summed E-state index contributed by atoms with van der Waals surface area (Å²) in [5.41, 5.74) is 7.44. The van der Waals surface area contributed by atoms with Gasteiger partial charge in [0.15, 0.2) is 0 Å². The van der Waals surface area contributed by atoms with E-state index in [-0.39, 0.29) is 30.6 Å². The van der Waals surface area contributed by atoms with Crippen LogP contribution in [0.5, 0.6) is 0 Å². The maximum atomic E-state index is 14.1. The van der Waals surface area contributed by atoms with Gasteiger partial charge in [0.05, 0.1) is 17.7 Å². The predicted molar refractivity (Wildman–Crippen MR) is 86.9 cm³/mol. The molecule has 1 aliphatic rings. The van der Waals surface area contributed by atoms with Crippen molar-refractivity contribution in [1.29, 1.82) is 0 Å². The maximum Gasteiger partial charge on any atom is 0.261 e. The van der Waals surface area contributed by atoms with Crippen LogP contribution in [-0.4, -0.2) is 16.7 Å². The van der Waals surface area contributed by atoms with E-state index in [0.29, 0.717) is 16.7 Å². The Labute approximate surface area is 139 Å². The van der Waals surface area contributed by atoms with Crippen molar-refractivity contribution < 1.29 is 14.0 Å². The van der Waals surface area contributed by atoms with Gasteiger partial charge in [0, 0.05) is 11.6 Å². The second-order valence-corrected chi connectivity index (χ2v) is 5.34. The highest BCUT2D eigenvalue weighted by Gasteiger charge is 2.35. The van der Waals surface area contributed by atoms with Gasteiger partial charge in [-0.05, 0) is 30.7 Å². The number of amides is 2. The van der Waals surface area contributed by atoms with Gasteiger partial charge < -0.3 is 5.73 Å². The number of benzene rings is 2. The van der Waals surface area contributed by atoms with Crippen molar-refractivity contribution in [2.24, 2.45) is 5.73 Å². The number of halogens is 2. The number of carbonyl (C=O) groups excluding carboxylic acids is 2. The van der Waals surface area contributed by atoms with E-state index in [2.05, 4.69) is 0 Å². The lowest BCUT2D eigenvalue weighted by atomic mass is 10.0. The van der Waals surface area contributed by atoms with Gasteiger partial charge in [-0.1, -0.05) is 24.3 Å². The third-order valence-corrected chi connectivity index (χ3v) is 3.84. The van der Waals surface area contributed by atoms with Crippen LogP contribution >= 0.6 is 12.4 Å². The normalized spacial score (nSPS) is 14.5. The molecule has 3 rings (SSSR count). The predicted octanol–water partition coefficient (Wildman–Crippen LogP) is 3.06. The van der Waals surface area contributed by atoms with E-state index in [9.17, 15) is 14.0 Å². The molecule has 0 radical (unpaired) electrons. The molecule has 0 bridgehead atoms. The van der Waals surface area contributed by atoms with Gasteiger partial charge in [0.2, 0.25) is 0 Å². The summed E-state index contributed by atoms with van der Waals surface area (Å²) >= 11 is 0. The molecular weight excluding hydrogens is 319 g/mol. The third-order valence-electron chi connectivity index (χ3n) is 3.84. The number of imide groups is 1. The molecule has 2 amide bonds. The van der Waals surface area contributed by atoms with Crippen LogP contribution in [0.3, 0.4) is 0 Å². The van der Waals surface area contributed by atoms with Gasteiger partial charge in [-0.15, -0.1) is 12.4 Å². The molecule has 0 fully saturated rings. The van der Waals surface area contributed by atoms with Gasteiger partial charge in [0.25, 0.3) is 11.8 Å². The standard InChI is InChI=1S/C17H15FN2O2.ClH/c1-10(19)11-7-4-8-15(18)14(11)9-20-16(21)12-5-2-3-6-13(12)17(20)22;/h2-8,10H,9,19H2,1H3;1H/t10-;/m0./s1. The maximum absolute atomic E-state index is 14.1. The molecule has 23 heavy (non-hydrogen) atoms. The number of hydrogen-bond donors (Lipinski definition) is 1.